The third-order valence-corrected chi connectivity index (χ3v) is 11.3. The van der Waals surface area contributed by atoms with Gasteiger partial charge in [-0.15, -0.1) is 0 Å². The molecule has 0 amide bonds. The van der Waals surface area contributed by atoms with Crippen LogP contribution in [0.2, 0.25) is 0 Å². The first-order chi connectivity index (χ1) is 22.7. The maximum atomic E-state index is 2.54. The number of aryl methyl sites for hydroxylation is 1. The van der Waals surface area contributed by atoms with Gasteiger partial charge < -0.3 is 9.80 Å². The zero-order valence-electron chi connectivity index (χ0n) is 26.2. The van der Waals surface area contributed by atoms with Gasteiger partial charge in [-0.05, 0) is 113 Å². The van der Waals surface area contributed by atoms with Crippen molar-refractivity contribution in [2.45, 2.75) is 44.4 Å². The fraction of sp³-hybridized carbons (Fsp3) is 0.163. The summed E-state index contributed by atoms with van der Waals surface area (Å²) < 4.78 is 0. The number of benzene rings is 6. The molecule has 10 rings (SSSR count). The Morgan fingerprint density at radius 2 is 1.09 bits per heavy atom. The maximum absolute atomic E-state index is 2.54. The second-order valence-corrected chi connectivity index (χ2v) is 13.7. The van der Waals surface area contributed by atoms with Crippen molar-refractivity contribution in [3.8, 4) is 11.1 Å². The summed E-state index contributed by atoms with van der Waals surface area (Å²) in [6, 6.07) is 50.6. The number of anilines is 6. The monoisotopic (exact) mass is 590 g/mol. The fourth-order valence-electron chi connectivity index (χ4n) is 9.44. The molecule has 6 aromatic carbocycles. The van der Waals surface area contributed by atoms with Gasteiger partial charge in [-0.25, -0.2) is 0 Å². The van der Waals surface area contributed by atoms with Crippen molar-refractivity contribution in [3.63, 3.8) is 0 Å². The molecule has 0 N–H and O–H groups in total. The van der Waals surface area contributed by atoms with E-state index in [1.807, 2.05) is 0 Å². The lowest BCUT2D eigenvalue weighted by molar-refractivity contribution is 0.353. The number of para-hydroxylation sites is 2. The zero-order valence-corrected chi connectivity index (χ0v) is 26.2. The molecule has 220 valence electrons. The molecule has 3 heteroatoms. The van der Waals surface area contributed by atoms with Crippen LogP contribution < -0.4 is 26.2 Å². The van der Waals surface area contributed by atoms with Crippen LogP contribution in [0.5, 0.6) is 0 Å². The van der Waals surface area contributed by atoms with Crippen molar-refractivity contribution in [1.29, 1.82) is 0 Å². The fourth-order valence-corrected chi connectivity index (χ4v) is 9.44. The van der Waals surface area contributed by atoms with Crippen molar-refractivity contribution in [1.82, 2.24) is 0 Å². The highest BCUT2D eigenvalue weighted by Gasteiger charge is 2.45. The summed E-state index contributed by atoms with van der Waals surface area (Å²) in [5.74, 6) is 0. The van der Waals surface area contributed by atoms with Crippen LogP contribution in [0.25, 0.3) is 11.1 Å². The molecular weight excluding hydrogens is 555 g/mol. The third kappa shape index (κ3) is 3.49. The van der Waals surface area contributed by atoms with E-state index >= 15 is 0 Å². The van der Waals surface area contributed by atoms with Crippen molar-refractivity contribution in [3.05, 3.63) is 150 Å². The highest BCUT2D eigenvalue weighted by Crippen LogP contribution is 2.57. The van der Waals surface area contributed by atoms with Crippen molar-refractivity contribution >= 4 is 57.2 Å². The molecule has 2 aliphatic carbocycles. The van der Waals surface area contributed by atoms with E-state index in [1.54, 1.807) is 5.56 Å². The second kappa shape index (κ2) is 9.74. The molecule has 46 heavy (non-hydrogen) atoms. The Morgan fingerprint density at radius 1 is 0.500 bits per heavy atom. The van der Waals surface area contributed by atoms with E-state index in [0.29, 0.717) is 0 Å². The van der Waals surface area contributed by atoms with E-state index in [9.17, 15) is 0 Å². The van der Waals surface area contributed by atoms with E-state index in [-0.39, 0.29) is 12.1 Å². The third-order valence-electron chi connectivity index (χ3n) is 11.3. The Kier molecular flexibility index (Phi) is 5.55. The smallest absolute Gasteiger partial charge is 0.252 e. The molecule has 2 aliphatic heterocycles. The average molecular weight is 591 g/mol. The Bertz CT molecular complexity index is 2190. The molecule has 0 saturated heterocycles. The molecule has 2 nitrogen and oxygen atoms in total. The SMILES string of the molecule is Cc1cccc(N2c3ccccc3B3c4ccccc4N(c4ccc5c(c4)-c4ccccc4C54CCCCC4)c4cccc2c43)c1. The van der Waals surface area contributed by atoms with E-state index < -0.39 is 0 Å². The molecule has 4 aliphatic rings. The van der Waals surface area contributed by atoms with Gasteiger partial charge in [0.2, 0.25) is 0 Å². The van der Waals surface area contributed by atoms with E-state index in [1.165, 1.54) is 105 Å². The summed E-state index contributed by atoms with van der Waals surface area (Å²) in [7, 11) is 0. The molecule has 1 spiro atoms. The molecular formula is C43H35BN2. The summed E-state index contributed by atoms with van der Waals surface area (Å²) in [6.07, 6.45) is 6.48. The van der Waals surface area contributed by atoms with Crippen molar-refractivity contribution in [2.24, 2.45) is 0 Å². The number of nitrogens with zero attached hydrogens (tertiary/aromatic N) is 2. The van der Waals surface area contributed by atoms with Gasteiger partial charge in [-0.2, -0.15) is 0 Å². The summed E-state index contributed by atoms with van der Waals surface area (Å²) in [6.45, 7) is 2.35. The quantitative estimate of drug-likeness (QED) is 0.185. The molecule has 1 fully saturated rings. The van der Waals surface area contributed by atoms with Gasteiger partial charge in [0.25, 0.3) is 6.71 Å². The first-order valence-electron chi connectivity index (χ1n) is 17.0. The number of fused-ring (bicyclic) bond motifs is 9. The summed E-state index contributed by atoms with van der Waals surface area (Å²) in [5, 5.41) is 0. The molecule has 0 bridgehead atoms. The highest BCUT2D eigenvalue weighted by atomic mass is 15.2. The largest absolute Gasteiger partial charge is 0.311 e. The van der Waals surface area contributed by atoms with Gasteiger partial charge in [0.1, 0.15) is 0 Å². The first-order valence-corrected chi connectivity index (χ1v) is 17.0. The predicted octanol–water partition coefficient (Wildman–Crippen LogP) is 9.31. The lowest BCUT2D eigenvalue weighted by Crippen LogP contribution is -2.61. The maximum Gasteiger partial charge on any atom is 0.252 e. The van der Waals surface area contributed by atoms with Gasteiger partial charge in [0.15, 0.2) is 0 Å². The van der Waals surface area contributed by atoms with Gasteiger partial charge in [-0.1, -0.05) is 104 Å². The Morgan fingerprint density at radius 3 is 1.80 bits per heavy atom. The molecule has 6 aromatic rings. The Hall–Kier alpha value is -5.02. The van der Waals surface area contributed by atoms with Gasteiger partial charge in [0.05, 0.1) is 0 Å². The molecule has 0 atom stereocenters. The number of hydrogen-bond donors (Lipinski definition) is 0. The average Bonchev–Trinajstić information content (AvgIpc) is 3.36. The van der Waals surface area contributed by atoms with Gasteiger partial charge >= 0.3 is 0 Å². The highest BCUT2D eigenvalue weighted by molar-refractivity contribution is 7.00. The zero-order chi connectivity index (χ0) is 30.4. The van der Waals surface area contributed by atoms with Gasteiger partial charge in [-0.3, -0.25) is 0 Å². The van der Waals surface area contributed by atoms with Crippen molar-refractivity contribution in [2.75, 3.05) is 9.80 Å². The molecule has 1 saturated carbocycles. The van der Waals surface area contributed by atoms with Crippen LogP contribution in [0.4, 0.5) is 34.1 Å². The molecule has 2 heterocycles. The van der Waals surface area contributed by atoms with E-state index in [2.05, 4.69) is 150 Å². The minimum atomic E-state index is 0.163. The van der Waals surface area contributed by atoms with Crippen LogP contribution in [0, 0.1) is 6.92 Å². The van der Waals surface area contributed by atoms with Crippen LogP contribution in [0.15, 0.2) is 133 Å². The normalized spacial score (nSPS) is 16.4. The van der Waals surface area contributed by atoms with Crippen LogP contribution in [0.1, 0.15) is 48.8 Å². The van der Waals surface area contributed by atoms with Crippen LogP contribution >= 0.6 is 0 Å². The van der Waals surface area contributed by atoms with Crippen molar-refractivity contribution < 1.29 is 0 Å². The van der Waals surface area contributed by atoms with Crippen LogP contribution in [-0.4, -0.2) is 6.71 Å². The lowest BCUT2D eigenvalue weighted by atomic mass is 9.33. The number of rotatable bonds is 2. The summed E-state index contributed by atoms with van der Waals surface area (Å²) in [4.78, 5) is 5.03. The minimum Gasteiger partial charge on any atom is -0.311 e. The van der Waals surface area contributed by atoms with Crippen LogP contribution in [-0.2, 0) is 5.41 Å². The van der Waals surface area contributed by atoms with Crippen LogP contribution in [0.3, 0.4) is 0 Å². The molecule has 0 unspecified atom stereocenters. The summed E-state index contributed by atoms with van der Waals surface area (Å²) in [5.41, 5.74) is 19.0. The van der Waals surface area contributed by atoms with E-state index in [4.69, 9.17) is 0 Å². The second-order valence-electron chi connectivity index (χ2n) is 13.7. The van der Waals surface area contributed by atoms with E-state index in [0.717, 1.165) is 0 Å². The number of hydrogen-bond acceptors (Lipinski definition) is 2. The Labute approximate surface area is 272 Å². The summed E-state index contributed by atoms with van der Waals surface area (Å²) >= 11 is 0. The first kappa shape index (κ1) is 26.2. The topological polar surface area (TPSA) is 6.48 Å². The minimum absolute atomic E-state index is 0.163. The molecule has 0 aromatic heterocycles. The molecule has 0 radical (unpaired) electrons. The predicted molar refractivity (Wildman–Crippen MR) is 195 cm³/mol. The lowest BCUT2D eigenvalue weighted by Gasteiger charge is -2.44. The standard InChI is InChI=1S/C43H35BN2/c1-29-13-11-14-30(27-29)45-38-19-7-5-17-36(38)44-37-18-6-8-20-39(37)46(41-22-12-21-40(45)42(41)44)31-23-24-35-33(28-31)32-15-3-4-16-34(32)43(35)25-9-2-10-26-43/h3-8,11-24,27-28H,2,9-10,25-26H2,1H3. The Balaban J connectivity index is 1.22. The van der Waals surface area contributed by atoms with Gasteiger partial charge in [0, 0.05) is 39.5 Å².